The van der Waals surface area contributed by atoms with E-state index >= 15 is 0 Å². The molecular formula is C14H29NO. The third-order valence-electron chi connectivity index (χ3n) is 2.96. The SMILES string of the molecule is CC(C)(CNC(C)(C)C)COCCC1CC1. The molecule has 0 unspecified atom stereocenters. The fraction of sp³-hybridized carbons (Fsp3) is 1.00. The van der Waals surface area contributed by atoms with Gasteiger partial charge in [0.25, 0.3) is 0 Å². The molecule has 0 saturated heterocycles. The van der Waals surface area contributed by atoms with E-state index in [-0.39, 0.29) is 11.0 Å². The lowest BCUT2D eigenvalue weighted by atomic mass is 9.93. The van der Waals surface area contributed by atoms with Crippen molar-refractivity contribution >= 4 is 0 Å². The Morgan fingerprint density at radius 2 is 1.75 bits per heavy atom. The first-order valence-corrected chi connectivity index (χ1v) is 6.61. The lowest BCUT2D eigenvalue weighted by Gasteiger charge is -2.30. The van der Waals surface area contributed by atoms with E-state index in [9.17, 15) is 0 Å². The molecule has 1 rings (SSSR count). The largest absolute Gasteiger partial charge is 0.381 e. The molecule has 1 saturated carbocycles. The Bertz CT molecular complexity index is 201. The summed E-state index contributed by atoms with van der Waals surface area (Å²) in [7, 11) is 0. The Balaban J connectivity index is 2.06. The fourth-order valence-corrected chi connectivity index (χ4v) is 1.56. The Hall–Kier alpha value is -0.0800. The third kappa shape index (κ3) is 7.24. The first-order chi connectivity index (χ1) is 7.29. The van der Waals surface area contributed by atoms with Gasteiger partial charge in [-0.25, -0.2) is 0 Å². The second-order valence-electron chi connectivity index (χ2n) is 7.05. The van der Waals surface area contributed by atoms with E-state index in [0.29, 0.717) is 0 Å². The fourth-order valence-electron chi connectivity index (χ4n) is 1.56. The molecule has 0 amide bonds. The summed E-state index contributed by atoms with van der Waals surface area (Å²) in [6.07, 6.45) is 4.12. The molecule has 1 N–H and O–H groups in total. The van der Waals surface area contributed by atoms with Gasteiger partial charge in [0.15, 0.2) is 0 Å². The van der Waals surface area contributed by atoms with Gasteiger partial charge in [-0.3, -0.25) is 0 Å². The van der Waals surface area contributed by atoms with Crippen LogP contribution in [0.4, 0.5) is 0 Å². The zero-order valence-electron chi connectivity index (χ0n) is 11.7. The zero-order valence-corrected chi connectivity index (χ0v) is 11.7. The summed E-state index contributed by atoms with van der Waals surface area (Å²) in [6, 6.07) is 0. The molecule has 1 aliphatic rings. The van der Waals surface area contributed by atoms with Crippen molar-refractivity contribution in [2.24, 2.45) is 11.3 Å². The van der Waals surface area contributed by atoms with Crippen molar-refractivity contribution in [3.63, 3.8) is 0 Å². The van der Waals surface area contributed by atoms with Crippen LogP contribution in [0.2, 0.25) is 0 Å². The van der Waals surface area contributed by atoms with E-state index < -0.39 is 0 Å². The molecule has 0 spiro atoms. The summed E-state index contributed by atoms with van der Waals surface area (Å²) in [5.41, 5.74) is 0.433. The van der Waals surface area contributed by atoms with Gasteiger partial charge in [0, 0.05) is 24.1 Å². The summed E-state index contributed by atoms with van der Waals surface area (Å²) in [4.78, 5) is 0. The molecule has 0 atom stereocenters. The molecule has 0 bridgehead atoms. The highest BCUT2D eigenvalue weighted by molar-refractivity contribution is 4.78. The molecule has 0 heterocycles. The lowest BCUT2D eigenvalue weighted by Crippen LogP contribution is -2.43. The molecule has 0 radical (unpaired) electrons. The Kier molecular flexibility index (Phi) is 4.81. The first-order valence-electron chi connectivity index (χ1n) is 6.61. The van der Waals surface area contributed by atoms with Gasteiger partial charge in [-0.1, -0.05) is 26.7 Å². The normalized spacial score (nSPS) is 17.8. The maximum absolute atomic E-state index is 5.77. The van der Waals surface area contributed by atoms with E-state index in [1.54, 1.807) is 0 Å². The van der Waals surface area contributed by atoms with Crippen LogP contribution in [0.25, 0.3) is 0 Å². The number of hydrogen-bond donors (Lipinski definition) is 1. The second kappa shape index (κ2) is 5.50. The number of hydrogen-bond acceptors (Lipinski definition) is 2. The van der Waals surface area contributed by atoms with Crippen LogP contribution in [0, 0.1) is 11.3 Å². The van der Waals surface area contributed by atoms with Crippen molar-refractivity contribution in [2.45, 2.75) is 59.4 Å². The van der Waals surface area contributed by atoms with Crippen LogP contribution in [0.3, 0.4) is 0 Å². The van der Waals surface area contributed by atoms with E-state index in [1.165, 1.54) is 19.3 Å². The van der Waals surface area contributed by atoms with E-state index in [0.717, 1.165) is 25.7 Å². The van der Waals surface area contributed by atoms with Crippen molar-refractivity contribution in [2.75, 3.05) is 19.8 Å². The standard InChI is InChI=1S/C14H29NO/c1-13(2,3)15-10-14(4,5)11-16-9-8-12-6-7-12/h12,15H,6-11H2,1-5H3. The highest BCUT2D eigenvalue weighted by Crippen LogP contribution is 2.32. The van der Waals surface area contributed by atoms with Crippen molar-refractivity contribution in [1.82, 2.24) is 5.32 Å². The Morgan fingerprint density at radius 3 is 2.25 bits per heavy atom. The van der Waals surface area contributed by atoms with Crippen LogP contribution < -0.4 is 5.32 Å². The van der Waals surface area contributed by atoms with E-state index in [1.807, 2.05) is 0 Å². The topological polar surface area (TPSA) is 21.3 Å². The molecule has 0 aromatic rings. The van der Waals surface area contributed by atoms with Gasteiger partial charge in [-0.2, -0.15) is 0 Å². The average Bonchev–Trinajstić information content (AvgIpc) is 2.92. The first kappa shape index (κ1) is 14.0. The van der Waals surface area contributed by atoms with Crippen molar-refractivity contribution in [1.29, 1.82) is 0 Å². The van der Waals surface area contributed by atoms with Gasteiger partial charge in [-0.05, 0) is 33.1 Å². The smallest absolute Gasteiger partial charge is 0.0529 e. The highest BCUT2D eigenvalue weighted by atomic mass is 16.5. The number of rotatable bonds is 7. The number of ether oxygens (including phenoxy) is 1. The van der Waals surface area contributed by atoms with E-state index in [2.05, 4.69) is 39.9 Å². The van der Waals surface area contributed by atoms with Crippen molar-refractivity contribution in [3.8, 4) is 0 Å². The van der Waals surface area contributed by atoms with Gasteiger partial charge in [0.2, 0.25) is 0 Å². The average molecular weight is 227 g/mol. The molecule has 16 heavy (non-hydrogen) atoms. The quantitative estimate of drug-likeness (QED) is 0.674. The minimum atomic E-state index is 0.200. The van der Waals surface area contributed by atoms with Crippen molar-refractivity contribution < 1.29 is 4.74 Å². The van der Waals surface area contributed by atoms with Gasteiger partial charge in [-0.15, -0.1) is 0 Å². The van der Waals surface area contributed by atoms with Crippen LogP contribution in [0.15, 0.2) is 0 Å². The molecule has 2 nitrogen and oxygen atoms in total. The van der Waals surface area contributed by atoms with Gasteiger partial charge in [0.1, 0.15) is 0 Å². The monoisotopic (exact) mass is 227 g/mol. The minimum Gasteiger partial charge on any atom is -0.381 e. The van der Waals surface area contributed by atoms with Gasteiger partial charge < -0.3 is 10.1 Å². The lowest BCUT2D eigenvalue weighted by molar-refractivity contribution is 0.0555. The molecule has 2 heteroatoms. The van der Waals surface area contributed by atoms with Gasteiger partial charge in [0.05, 0.1) is 6.61 Å². The van der Waals surface area contributed by atoms with Crippen LogP contribution in [-0.2, 0) is 4.74 Å². The molecular weight excluding hydrogens is 198 g/mol. The van der Waals surface area contributed by atoms with Crippen LogP contribution in [0.5, 0.6) is 0 Å². The maximum Gasteiger partial charge on any atom is 0.0529 e. The Labute approximate surface area is 101 Å². The second-order valence-corrected chi connectivity index (χ2v) is 7.05. The summed E-state index contributed by atoms with van der Waals surface area (Å²) >= 11 is 0. The molecule has 96 valence electrons. The van der Waals surface area contributed by atoms with Crippen LogP contribution in [0.1, 0.15) is 53.9 Å². The van der Waals surface area contributed by atoms with Crippen LogP contribution >= 0.6 is 0 Å². The predicted octanol–water partition coefficient (Wildman–Crippen LogP) is 3.22. The summed E-state index contributed by atoms with van der Waals surface area (Å²) in [5.74, 6) is 0.982. The minimum absolute atomic E-state index is 0.200. The predicted molar refractivity (Wildman–Crippen MR) is 69.7 cm³/mol. The zero-order chi connectivity index (χ0) is 12.2. The molecule has 1 fully saturated rings. The maximum atomic E-state index is 5.77. The van der Waals surface area contributed by atoms with Crippen LogP contribution in [-0.4, -0.2) is 25.3 Å². The summed E-state index contributed by atoms with van der Waals surface area (Å²) in [6.45, 7) is 14.0. The molecule has 0 aliphatic heterocycles. The number of nitrogens with one attached hydrogen (secondary N) is 1. The van der Waals surface area contributed by atoms with Crippen molar-refractivity contribution in [3.05, 3.63) is 0 Å². The van der Waals surface area contributed by atoms with E-state index in [4.69, 9.17) is 4.74 Å². The summed E-state index contributed by atoms with van der Waals surface area (Å²) < 4.78 is 5.77. The molecule has 0 aromatic heterocycles. The molecule has 0 aromatic carbocycles. The Morgan fingerprint density at radius 1 is 1.12 bits per heavy atom. The van der Waals surface area contributed by atoms with Gasteiger partial charge >= 0.3 is 0 Å². The molecule has 1 aliphatic carbocycles. The third-order valence-corrected chi connectivity index (χ3v) is 2.96. The highest BCUT2D eigenvalue weighted by Gasteiger charge is 2.23. The summed E-state index contributed by atoms with van der Waals surface area (Å²) in [5, 5.41) is 3.54.